The molecule has 0 aliphatic heterocycles. The van der Waals surface area contributed by atoms with Crippen LogP contribution in [0.1, 0.15) is 19.4 Å². The number of halogens is 1. The first-order valence-electron chi connectivity index (χ1n) is 5.93. The van der Waals surface area contributed by atoms with E-state index >= 15 is 0 Å². The van der Waals surface area contributed by atoms with E-state index in [1.165, 1.54) is 5.56 Å². The van der Waals surface area contributed by atoms with Crippen molar-refractivity contribution in [3.05, 3.63) is 28.2 Å². The maximum atomic E-state index is 9.44. The molecule has 1 aromatic carbocycles. The molecular formula is C13H21BrN2O. The molecular weight excluding hydrogens is 280 g/mol. The van der Waals surface area contributed by atoms with Crippen LogP contribution < -0.4 is 10.2 Å². The summed E-state index contributed by atoms with van der Waals surface area (Å²) in [6, 6.07) is 6.24. The van der Waals surface area contributed by atoms with E-state index in [9.17, 15) is 5.11 Å². The van der Waals surface area contributed by atoms with Crippen LogP contribution in [0.3, 0.4) is 0 Å². The summed E-state index contributed by atoms with van der Waals surface area (Å²) < 4.78 is 1.08. The molecule has 0 aliphatic rings. The van der Waals surface area contributed by atoms with Crippen LogP contribution in [0.15, 0.2) is 22.7 Å². The van der Waals surface area contributed by atoms with E-state index in [1.54, 1.807) is 6.92 Å². The number of nitrogens with one attached hydrogen (secondary N) is 1. The molecule has 1 aromatic rings. The van der Waals surface area contributed by atoms with E-state index in [1.807, 2.05) is 13.1 Å². The van der Waals surface area contributed by atoms with Gasteiger partial charge in [0, 0.05) is 30.3 Å². The molecule has 4 heteroatoms. The number of aliphatic hydroxyl groups is 1. The number of rotatable bonds is 6. The van der Waals surface area contributed by atoms with Gasteiger partial charge in [-0.2, -0.15) is 0 Å². The van der Waals surface area contributed by atoms with Gasteiger partial charge in [0.2, 0.25) is 0 Å². The van der Waals surface area contributed by atoms with Gasteiger partial charge in [0.15, 0.2) is 0 Å². The molecule has 2 N–H and O–H groups in total. The Morgan fingerprint density at radius 1 is 1.47 bits per heavy atom. The molecule has 0 bridgehead atoms. The number of hydrogen-bond donors (Lipinski definition) is 2. The Bertz CT molecular complexity index is 355. The van der Waals surface area contributed by atoms with Crippen molar-refractivity contribution in [2.45, 2.75) is 26.5 Å². The molecule has 0 spiro atoms. The number of nitrogens with zero attached hydrogens (tertiary/aromatic N) is 1. The first-order chi connectivity index (χ1) is 8.04. The maximum Gasteiger partial charge on any atom is 0.0686 e. The van der Waals surface area contributed by atoms with Crippen molar-refractivity contribution in [1.82, 2.24) is 5.32 Å². The molecule has 0 aliphatic carbocycles. The van der Waals surface area contributed by atoms with Crippen molar-refractivity contribution in [3.63, 3.8) is 0 Å². The third kappa shape index (κ3) is 4.66. The Labute approximate surface area is 112 Å². The Balaban J connectivity index is 2.88. The summed E-state index contributed by atoms with van der Waals surface area (Å²) >= 11 is 3.49. The summed E-state index contributed by atoms with van der Waals surface area (Å²) in [7, 11) is 2.01. The van der Waals surface area contributed by atoms with Crippen molar-refractivity contribution >= 4 is 21.6 Å². The Morgan fingerprint density at radius 3 is 2.76 bits per heavy atom. The molecule has 17 heavy (non-hydrogen) atoms. The second-order valence-electron chi connectivity index (χ2n) is 4.28. The lowest BCUT2D eigenvalue weighted by Crippen LogP contribution is -2.28. The van der Waals surface area contributed by atoms with E-state index in [-0.39, 0.29) is 6.10 Å². The highest BCUT2D eigenvalue weighted by Gasteiger charge is 2.09. The first-order valence-corrected chi connectivity index (χ1v) is 6.72. The average molecular weight is 301 g/mol. The zero-order valence-corrected chi connectivity index (χ0v) is 12.3. The van der Waals surface area contributed by atoms with Gasteiger partial charge in [0.1, 0.15) is 0 Å². The first kappa shape index (κ1) is 14.5. The van der Waals surface area contributed by atoms with E-state index in [0.29, 0.717) is 6.54 Å². The minimum Gasteiger partial charge on any atom is -0.392 e. The molecule has 0 heterocycles. The third-order valence-electron chi connectivity index (χ3n) is 2.56. The highest BCUT2D eigenvalue weighted by atomic mass is 79.9. The highest BCUT2D eigenvalue weighted by Crippen LogP contribution is 2.24. The monoisotopic (exact) mass is 300 g/mol. The number of likely N-dealkylation sites (N-methyl/N-ethyl adjacent to an activating group) is 1. The lowest BCUT2D eigenvalue weighted by Gasteiger charge is -2.24. The van der Waals surface area contributed by atoms with E-state index in [2.05, 4.69) is 45.2 Å². The fraction of sp³-hybridized carbons (Fsp3) is 0.538. The highest BCUT2D eigenvalue weighted by molar-refractivity contribution is 9.10. The molecule has 0 saturated carbocycles. The second kappa shape index (κ2) is 6.99. The maximum absolute atomic E-state index is 9.44. The summed E-state index contributed by atoms with van der Waals surface area (Å²) in [4.78, 5) is 2.09. The van der Waals surface area contributed by atoms with Gasteiger partial charge in [0.25, 0.3) is 0 Å². The van der Waals surface area contributed by atoms with E-state index < -0.39 is 0 Å². The largest absolute Gasteiger partial charge is 0.392 e. The number of hydrogen-bond acceptors (Lipinski definition) is 3. The Morgan fingerprint density at radius 2 is 2.18 bits per heavy atom. The molecule has 0 amide bonds. The van der Waals surface area contributed by atoms with Crippen molar-refractivity contribution in [2.24, 2.45) is 0 Å². The zero-order valence-electron chi connectivity index (χ0n) is 10.7. The van der Waals surface area contributed by atoms with Gasteiger partial charge in [0.05, 0.1) is 6.10 Å². The van der Waals surface area contributed by atoms with Crippen molar-refractivity contribution in [2.75, 3.05) is 25.0 Å². The Hall–Kier alpha value is -0.580. The van der Waals surface area contributed by atoms with Gasteiger partial charge >= 0.3 is 0 Å². The molecule has 0 aromatic heterocycles. The standard InChI is InChI=1S/C13H21BrN2O/c1-4-15-8-11-7-12(14)5-6-13(11)16(3)9-10(2)17/h5-7,10,15,17H,4,8-9H2,1-3H3. The van der Waals surface area contributed by atoms with Crippen LogP contribution in [0.2, 0.25) is 0 Å². The minimum absolute atomic E-state index is 0.323. The molecule has 96 valence electrons. The molecule has 1 atom stereocenters. The minimum atomic E-state index is -0.323. The lowest BCUT2D eigenvalue weighted by molar-refractivity contribution is 0.201. The van der Waals surface area contributed by atoms with Crippen molar-refractivity contribution in [1.29, 1.82) is 0 Å². The zero-order chi connectivity index (χ0) is 12.8. The van der Waals surface area contributed by atoms with Gasteiger partial charge in [-0.3, -0.25) is 0 Å². The molecule has 0 fully saturated rings. The summed E-state index contributed by atoms with van der Waals surface area (Å²) in [5.41, 5.74) is 2.40. The van der Waals surface area contributed by atoms with Gasteiger partial charge < -0.3 is 15.3 Å². The van der Waals surface area contributed by atoms with Crippen molar-refractivity contribution in [3.8, 4) is 0 Å². The van der Waals surface area contributed by atoms with E-state index in [0.717, 1.165) is 23.2 Å². The Kier molecular flexibility index (Phi) is 5.95. The average Bonchev–Trinajstić information content (AvgIpc) is 2.25. The summed E-state index contributed by atoms with van der Waals surface area (Å²) in [6.45, 7) is 6.33. The third-order valence-corrected chi connectivity index (χ3v) is 3.05. The number of anilines is 1. The van der Waals surface area contributed by atoms with Gasteiger partial charge in [-0.1, -0.05) is 22.9 Å². The number of aliphatic hydroxyl groups excluding tert-OH is 1. The van der Waals surface area contributed by atoms with E-state index in [4.69, 9.17) is 0 Å². The number of benzene rings is 1. The summed E-state index contributed by atoms with van der Waals surface area (Å²) in [5, 5.41) is 12.8. The van der Waals surface area contributed by atoms with Gasteiger partial charge in [-0.15, -0.1) is 0 Å². The predicted octanol–water partition coefficient (Wildman–Crippen LogP) is 2.38. The van der Waals surface area contributed by atoms with Crippen LogP contribution in [0.5, 0.6) is 0 Å². The van der Waals surface area contributed by atoms with Gasteiger partial charge in [-0.25, -0.2) is 0 Å². The fourth-order valence-electron chi connectivity index (χ4n) is 1.82. The normalized spacial score (nSPS) is 12.5. The van der Waals surface area contributed by atoms with Crippen LogP contribution in [-0.2, 0) is 6.54 Å². The van der Waals surface area contributed by atoms with Gasteiger partial charge in [-0.05, 0) is 37.2 Å². The van der Waals surface area contributed by atoms with Crippen molar-refractivity contribution < 1.29 is 5.11 Å². The molecule has 0 saturated heterocycles. The van der Waals surface area contributed by atoms with Crippen LogP contribution >= 0.6 is 15.9 Å². The molecule has 1 unspecified atom stereocenters. The van der Waals surface area contributed by atoms with Crippen LogP contribution in [0, 0.1) is 0 Å². The second-order valence-corrected chi connectivity index (χ2v) is 5.20. The van der Waals surface area contributed by atoms with Crippen LogP contribution in [-0.4, -0.2) is 31.3 Å². The van der Waals surface area contributed by atoms with Crippen LogP contribution in [0.4, 0.5) is 5.69 Å². The predicted molar refractivity (Wildman–Crippen MR) is 76.5 cm³/mol. The summed E-state index contributed by atoms with van der Waals surface area (Å²) in [6.07, 6.45) is -0.323. The van der Waals surface area contributed by atoms with Crippen LogP contribution in [0.25, 0.3) is 0 Å². The quantitative estimate of drug-likeness (QED) is 0.847. The molecule has 1 rings (SSSR count). The topological polar surface area (TPSA) is 35.5 Å². The molecule has 0 radical (unpaired) electrons. The smallest absolute Gasteiger partial charge is 0.0686 e. The lowest BCUT2D eigenvalue weighted by atomic mass is 10.1. The summed E-state index contributed by atoms with van der Waals surface area (Å²) in [5.74, 6) is 0. The fourth-order valence-corrected chi connectivity index (χ4v) is 2.23. The SMILES string of the molecule is CCNCc1cc(Br)ccc1N(C)CC(C)O. The molecule has 3 nitrogen and oxygen atoms in total.